The Balaban J connectivity index is 1.33. The fourth-order valence-corrected chi connectivity index (χ4v) is 4.64. The molecule has 0 saturated carbocycles. The Bertz CT molecular complexity index is 645. The number of nitrogens with zero attached hydrogens (tertiary/aromatic N) is 2. The third-order valence-corrected chi connectivity index (χ3v) is 6.07. The standard InChI is InChI=1S/C18H23N3OS/c1-13-5-7-23-17(13)11-21-9-15-14(12-22-16(15)10-21)8-20-18-4-2-3-6-19-18/h2-7,14-16H,8-12H2,1H3,(H,19,20)/t14-,15-,16-/m1/s1. The molecular formula is C18H23N3OS. The molecule has 0 radical (unpaired) electrons. The zero-order valence-electron chi connectivity index (χ0n) is 13.4. The summed E-state index contributed by atoms with van der Waals surface area (Å²) < 4.78 is 6.06. The normalized spacial score (nSPS) is 27.3. The van der Waals surface area contributed by atoms with E-state index in [4.69, 9.17) is 4.74 Å². The van der Waals surface area contributed by atoms with E-state index in [1.54, 1.807) is 0 Å². The van der Waals surface area contributed by atoms with Crippen LogP contribution in [0.4, 0.5) is 5.82 Å². The molecule has 1 N–H and O–H groups in total. The number of anilines is 1. The van der Waals surface area contributed by atoms with Crippen LogP contribution in [0.5, 0.6) is 0 Å². The number of nitrogens with one attached hydrogen (secondary N) is 1. The van der Waals surface area contributed by atoms with Gasteiger partial charge in [-0.3, -0.25) is 4.90 Å². The molecule has 2 aromatic heterocycles. The molecule has 0 bridgehead atoms. The highest BCUT2D eigenvalue weighted by Crippen LogP contribution is 2.35. The molecule has 2 aliphatic rings. The summed E-state index contributed by atoms with van der Waals surface area (Å²) >= 11 is 1.87. The number of hydrogen-bond acceptors (Lipinski definition) is 5. The smallest absolute Gasteiger partial charge is 0.125 e. The fourth-order valence-electron chi connectivity index (χ4n) is 3.69. The molecule has 3 atom stereocenters. The van der Waals surface area contributed by atoms with Gasteiger partial charge in [0.1, 0.15) is 5.82 Å². The first-order chi connectivity index (χ1) is 11.3. The maximum absolute atomic E-state index is 6.06. The SMILES string of the molecule is Cc1ccsc1CN1C[C@@H]2[C@H](CNc3ccccn3)CO[C@@H]2C1. The minimum atomic E-state index is 0.408. The minimum absolute atomic E-state index is 0.408. The van der Waals surface area contributed by atoms with Gasteiger partial charge >= 0.3 is 0 Å². The molecule has 4 nitrogen and oxygen atoms in total. The maximum atomic E-state index is 6.06. The molecule has 0 spiro atoms. The zero-order chi connectivity index (χ0) is 15.6. The summed E-state index contributed by atoms with van der Waals surface area (Å²) in [6, 6.07) is 8.20. The van der Waals surface area contributed by atoms with Crippen molar-refractivity contribution in [3.05, 3.63) is 46.3 Å². The number of ether oxygens (including phenoxy) is 1. The number of aryl methyl sites for hydroxylation is 1. The number of likely N-dealkylation sites (tertiary alicyclic amines) is 1. The summed E-state index contributed by atoms with van der Waals surface area (Å²) in [5.41, 5.74) is 1.42. The lowest BCUT2D eigenvalue weighted by Crippen LogP contribution is -2.27. The van der Waals surface area contributed by atoms with E-state index in [1.165, 1.54) is 10.4 Å². The first-order valence-corrected chi connectivity index (χ1v) is 9.19. The van der Waals surface area contributed by atoms with Crippen molar-refractivity contribution in [1.29, 1.82) is 0 Å². The molecule has 2 aliphatic heterocycles. The first kappa shape index (κ1) is 15.1. The van der Waals surface area contributed by atoms with Crippen molar-refractivity contribution in [2.24, 2.45) is 11.8 Å². The van der Waals surface area contributed by atoms with Crippen molar-refractivity contribution in [1.82, 2.24) is 9.88 Å². The van der Waals surface area contributed by atoms with Crippen LogP contribution in [0.1, 0.15) is 10.4 Å². The van der Waals surface area contributed by atoms with Gasteiger partial charge in [-0.1, -0.05) is 6.07 Å². The van der Waals surface area contributed by atoms with Gasteiger partial charge in [0.05, 0.1) is 12.7 Å². The summed E-state index contributed by atoms with van der Waals surface area (Å²) in [6.07, 6.45) is 2.24. The topological polar surface area (TPSA) is 37.4 Å². The van der Waals surface area contributed by atoms with Gasteiger partial charge in [0.2, 0.25) is 0 Å². The van der Waals surface area contributed by atoms with Crippen LogP contribution in [0.3, 0.4) is 0 Å². The van der Waals surface area contributed by atoms with Crippen LogP contribution >= 0.6 is 11.3 Å². The van der Waals surface area contributed by atoms with Crippen LogP contribution in [0, 0.1) is 18.8 Å². The summed E-state index contributed by atoms with van der Waals surface area (Å²) in [5, 5.41) is 5.65. The van der Waals surface area contributed by atoms with Crippen molar-refractivity contribution < 1.29 is 4.74 Å². The van der Waals surface area contributed by atoms with Gasteiger partial charge < -0.3 is 10.1 Å². The number of fused-ring (bicyclic) bond motifs is 1. The highest BCUT2D eigenvalue weighted by Gasteiger charge is 2.43. The monoisotopic (exact) mass is 329 g/mol. The lowest BCUT2D eigenvalue weighted by atomic mass is 9.93. The number of hydrogen-bond donors (Lipinski definition) is 1. The summed E-state index contributed by atoms with van der Waals surface area (Å²) in [5.74, 6) is 2.18. The highest BCUT2D eigenvalue weighted by atomic mass is 32.1. The number of thiophene rings is 1. The van der Waals surface area contributed by atoms with E-state index in [0.29, 0.717) is 17.9 Å². The van der Waals surface area contributed by atoms with Crippen molar-refractivity contribution in [3.8, 4) is 0 Å². The predicted octanol–water partition coefficient (Wildman–Crippen LogP) is 3.01. The molecule has 2 saturated heterocycles. The first-order valence-electron chi connectivity index (χ1n) is 8.31. The third-order valence-electron chi connectivity index (χ3n) is 5.06. The summed E-state index contributed by atoms with van der Waals surface area (Å²) in [6.45, 7) is 7.32. The van der Waals surface area contributed by atoms with E-state index in [1.807, 2.05) is 35.7 Å². The van der Waals surface area contributed by atoms with Crippen molar-refractivity contribution >= 4 is 17.2 Å². The second-order valence-electron chi connectivity index (χ2n) is 6.61. The molecule has 0 aliphatic carbocycles. The highest BCUT2D eigenvalue weighted by molar-refractivity contribution is 7.10. The lowest BCUT2D eigenvalue weighted by molar-refractivity contribution is 0.0947. The van der Waals surface area contributed by atoms with E-state index in [0.717, 1.165) is 38.6 Å². The average molecular weight is 329 g/mol. The van der Waals surface area contributed by atoms with Crippen molar-refractivity contribution in [2.45, 2.75) is 19.6 Å². The Hall–Kier alpha value is -1.43. The zero-order valence-corrected chi connectivity index (χ0v) is 14.3. The van der Waals surface area contributed by atoms with Crippen LogP contribution in [-0.2, 0) is 11.3 Å². The second-order valence-corrected chi connectivity index (χ2v) is 7.61. The van der Waals surface area contributed by atoms with Crippen molar-refractivity contribution in [2.75, 3.05) is 31.6 Å². The van der Waals surface area contributed by atoms with E-state index in [9.17, 15) is 0 Å². The molecule has 0 aromatic carbocycles. The Morgan fingerprint density at radius 2 is 2.30 bits per heavy atom. The van der Waals surface area contributed by atoms with Crippen LogP contribution in [0.15, 0.2) is 35.8 Å². The molecule has 5 heteroatoms. The lowest BCUT2D eigenvalue weighted by Gasteiger charge is -2.20. The predicted molar refractivity (Wildman–Crippen MR) is 93.8 cm³/mol. The van der Waals surface area contributed by atoms with Gasteiger partial charge in [-0.05, 0) is 36.1 Å². The molecule has 4 heterocycles. The second kappa shape index (κ2) is 6.59. The Morgan fingerprint density at radius 1 is 1.35 bits per heavy atom. The fraction of sp³-hybridized carbons (Fsp3) is 0.500. The molecule has 23 heavy (non-hydrogen) atoms. The Morgan fingerprint density at radius 3 is 3.09 bits per heavy atom. The van der Waals surface area contributed by atoms with Crippen LogP contribution in [-0.4, -0.2) is 42.2 Å². The van der Waals surface area contributed by atoms with Crippen molar-refractivity contribution in [3.63, 3.8) is 0 Å². The Kier molecular flexibility index (Phi) is 4.33. The van der Waals surface area contributed by atoms with Crippen LogP contribution < -0.4 is 5.32 Å². The van der Waals surface area contributed by atoms with Gasteiger partial charge in [0, 0.05) is 49.1 Å². The van der Waals surface area contributed by atoms with Gasteiger partial charge in [0.25, 0.3) is 0 Å². The number of rotatable bonds is 5. The van der Waals surface area contributed by atoms with E-state index < -0.39 is 0 Å². The van der Waals surface area contributed by atoms with Gasteiger partial charge in [-0.15, -0.1) is 11.3 Å². The quantitative estimate of drug-likeness (QED) is 0.915. The molecule has 0 unspecified atom stereocenters. The van der Waals surface area contributed by atoms with Crippen LogP contribution in [0.25, 0.3) is 0 Å². The van der Waals surface area contributed by atoms with E-state index >= 15 is 0 Å². The van der Waals surface area contributed by atoms with Crippen LogP contribution in [0.2, 0.25) is 0 Å². The summed E-state index contributed by atoms with van der Waals surface area (Å²) in [4.78, 5) is 8.39. The number of pyridine rings is 1. The maximum Gasteiger partial charge on any atom is 0.125 e. The largest absolute Gasteiger partial charge is 0.376 e. The summed E-state index contributed by atoms with van der Waals surface area (Å²) in [7, 11) is 0. The minimum Gasteiger partial charge on any atom is -0.376 e. The molecular weight excluding hydrogens is 306 g/mol. The molecule has 4 rings (SSSR count). The van der Waals surface area contributed by atoms with E-state index in [-0.39, 0.29) is 0 Å². The molecule has 0 amide bonds. The molecule has 2 aromatic rings. The average Bonchev–Trinajstić information content (AvgIpc) is 3.24. The number of aromatic nitrogens is 1. The Labute approximate surface area is 141 Å². The molecule has 2 fully saturated rings. The van der Waals surface area contributed by atoms with E-state index in [2.05, 4.69) is 33.6 Å². The molecule has 122 valence electrons. The van der Waals surface area contributed by atoms with Gasteiger partial charge in [0.15, 0.2) is 0 Å². The van der Waals surface area contributed by atoms with Gasteiger partial charge in [-0.25, -0.2) is 4.98 Å². The van der Waals surface area contributed by atoms with Gasteiger partial charge in [-0.2, -0.15) is 0 Å². The third kappa shape index (κ3) is 3.27.